The van der Waals surface area contributed by atoms with E-state index in [4.69, 9.17) is 34.2 Å². The van der Waals surface area contributed by atoms with Crippen molar-refractivity contribution in [2.45, 2.75) is 133 Å². The maximum Gasteiger partial charge on any atom is 0.280 e. The zero-order valence-electron chi connectivity index (χ0n) is 41.9. The third-order valence-corrected chi connectivity index (χ3v) is 12.5. The summed E-state index contributed by atoms with van der Waals surface area (Å²) in [5.74, 6) is -2.09. The largest absolute Gasteiger partial charge is 0.394 e. The van der Waals surface area contributed by atoms with Crippen molar-refractivity contribution in [3.8, 4) is 11.1 Å². The number of nitrogens with zero attached hydrogens (tertiary/aromatic N) is 3. The summed E-state index contributed by atoms with van der Waals surface area (Å²) in [6, 6.07) is 14.5. The van der Waals surface area contributed by atoms with Crippen LogP contribution in [0.1, 0.15) is 80.4 Å². The minimum atomic E-state index is -1.94. The SMILES string of the molecule is CC(C)CC(N)C(=O)NC(CCCCN(CC(O)C(O)C(O)C(O)CO)CC(O)C(O)C(O)C(O)CO)C(=O)NCCCc1ccc(-c2ccc(CCCCNC(=N)NC(=O)c3nc(Cl)c(N)nc3N)cc2)cc1. The molecule has 0 radical (unpaired) electrons. The normalized spacial score (nSPS) is 15.8. The smallest absolute Gasteiger partial charge is 0.280 e. The molecule has 10 atom stereocenters. The molecule has 0 saturated heterocycles. The predicted molar refractivity (Wildman–Crippen MR) is 277 cm³/mol. The summed E-state index contributed by atoms with van der Waals surface area (Å²) in [6.45, 7) is 1.92. The summed E-state index contributed by atoms with van der Waals surface area (Å²) in [5, 5.41) is 119. The maximum atomic E-state index is 13.6. The van der Waals surface area contributed by atoms with Crippen LogP contribution < -0.4 is 38.5 Å². The molecule has 3 aromatic rings. The Balaban J connectivity index is 1.51. The molecule has 0 fully saturated rings. The lowest BCUT2D eigenvalue weighted by atomic mass is 9.99. The zero-order chi connectivity index (χ0) is 55.1. The monoisotopic (exact) mass is 1060 g/mol. The second-order valence-electron chi connectivity index (χ2n) is 18.8. The molecule has 0 spiro atoms. The van der Waals surface area contributed by atoms with E-state index in [-0.39, 0.29) is 53.7 Å². The Hall–Kier alpha value is -5.19. The Bertz CT molecular complexity index is 2150. The zero-order valence-corrected chi connectivity index (χ0v) is 42.7. The maximum absolute atomic E-state index is 13.6. The average Bonchev–Trinajstić information content (AvgIpc) is 3.37. The van der Waals surface area contributed by atoms with Crippen molar-refractivity contribution in [2.75, 3.05) is 57.4 Å². The number of hydrogen-bond acceptors (Lipinski definition) is 20. The summed E-state index contributed by atoms with van der Waals surface area (Å²) in [6.07, 6.45) is -10.1. The van der Waals surface area contributed by atoms with Crippen LogP contribution in [-0.2, 0) is 22.4 Å². The minimum absolute atomic E-state index is 0.0434. The number of carbonyl (C=O) groups excluding carboxylic acids is 3. The molecule has 74 heavy (non-hydrogen) atoms. The number of rotatable bonds is 33. The highest BCUT2D eigenvalue weighted by Crippen LogP contribution is 2.22. The van der Waals surface area contributed by atoms with Crippen molar-refractivity contribution in [2.24, 2.45) is 11.7 Å². The van der Waals surface area contributed by atoms with Gasteiger partial charge in [-0.1, -0.05) is 74.0 Å². The molecular weight excluding hydrogens is 986 g/mol. The van der Waals surface area contributed by atoms with Gasteiger partial charge in [-0.2, -0.15) is 0 Å². The van der Waals surface area contributed by atoms with Gasteiger partial charge in [-0.05, 0) is 92.5 Å². The van der Waals surface area contributed by atoms with E-state index in [9.17, 15) is 65.4 Å². The average molecular weight is 1060 g/mol. The van der Waals surface area contributed by atoms with E-state index in [1.807, 2.05) is 38.1 Å². The van der Waals surface area contributed by atoms with Crippen LogP contribution in [0.3, 0.4) is 0 Å². The van der Waals surface area contributed by atoms with Crippen LogP contribution in [0.5, 0.6) is 0 Å². The van der Waals surface area contributed by atoms with Crippen molar-refractivity contribution >= 4 is 46.9 Å². The Morgan fingerprint density at radius 3 is 1.68 bits per heavy atom. The van der Waals surface area contributed by atoms with Crippen LogP contribution in [0, 0.1) is 11.3 Å². The first kappa shape index (κ1) is 63.1. The number of aromatic nitrogens is 2. The van der Waals surface area contributed by atoms with Crippen LogP contribution in [0.25, 0.3) is 11.1 Å². The second-order valence-corrected chi connectivity index (χ2v) is 19.1. The number of hydrogen-bond donors (Lipinski definition) is 18. The standard InChI is InChI=1S/C49H78ClN11O13/c1-27(2)22-32(51)46(72)57-33(10-4-6-21-61(23-34(64)39(68)41(70)36(66)25-62)24-35(65)40(69)42(71)37(67)26-63)47(73)55-20-7-9-29-13-17-31(18-14-29)30-15-11-28(12-16-30)8-3-5-19-56-49(54)60-48(74)38-44(52)59-45(53)43(50)58-38/h11-18,27,32-37,39-42,62-71H,3-10,19-26,51H2,1-2H3,(H,55,73)(H,57,72)(H4,52,53,59)(H3,54,56,60,74). The number of halogens is 1. The summed E-state index contributed by atoms with van der Waals surface area (Å²) in [7, 11) is 0. The fourth-order valence-electron chi connectivity index (χ4n) is 7.82. The van der Waals surface area contributed by atoms with Gasteiger partial charge in [-0.3, -0.25) is 30.0 Å². The third kappa shape index (κ3) is 21.2. The Kier molecular flexibility index (Phi) is 27.5. The van der Waals surface area contributed by atoms with Crippen molar-refractivity contribution < 1.29 is 65.4 Å². The quantitative estimate of drug-likeness (QED) is 0.0170. The number of aliphatic hydroxyl groups excluding tert-OH is 10. The minimum Gasteiger partial charge on any atom is -0.394 e. The molecule has 3 amide bonds. The first-order chi connectivity index (χ1) is 35.1. The van der Waals surface area contributed by atoms with E-state index >= 15 is 0 Å². The number of guanidine groups is 1. The summed E-state index contributed by atoms with van der Waals surface area (Å²) >= 11 is 5.84. The second kappa shape index (κ2) is 32.3. The van der Waals surface area contributed by atoms with E-state index in [2.05, 4.69) is 55.5 Å². The van der Waals surface area contributed by atoms with Crippen molar-refractivity contribution in [1.29, 1.82) is 5.41 Å². The van der Waals surface area contributed by atoms with E-state index in [1.165, 1.54) is 4.90 Å². The van der Waals surface area contributed by atoms with Gasteiger partial charge < -0.3 is 84.2 Å². The molecular formula is C49H78ClN11O13. The number of nitrogens with two attached hydrogens (primary N) is 3. The molecule has 21 N–H and O–H groups in total. The molecule has 0 aliphatic heterocycles. The van der Waals surface area contributed by atoms with E-state index in [0.717, 1.165) is 41.5 Å². The van der Waals surface area contributed by atoms with E-state index in [0.29, 0.717) is 38.8 Å². The molecule has 2 aromatic carbocycles. The number of benzene rings is 2. The highest BCUT2D eigenvalue weighted by molar-refractivity contribution is 6.31. The summed E-state index contributed by atoms with van der Waals surface area (Å²) in [4.78, 5) is 48.1. The molecule has 0 saturated carbocycles. The Morgan fingerprint density at radius 2 is 1.16 bits per heavy atom. The molecule has 10 unspecified atom stereocenters. The highest BCUT2D eigenvalue weighted by Gasteiger charge is 2.34. The first-order valence-corrected chi connectivity index (χ1v) is 25.1. The highest BCUT2D eigenvalue weighted by atomic mass is 35.5. The molecule has 24 nitrogen and oxygen atoms in total. The summed E-state index contributed by atoms with van der Waals surface area (Å²) in [5.41, 5.74) is 21.4. The fourth-order valence-corrected chi connectivity index (χ4v) is 7.95. The van der Waals surface area contributed by atoms with Crippen LogP contribution in [0.15, 0.2) is 48.5 Å². The number of amides is 3. The molecule has 1 heterocycles. The lowest BCUT2D eigenvalue weighted by molar-refractivity contribution is -0.130. The Morgan fingerprint density at radius 1 is 0.662 bits per heavy atom. The van der Waals surface area contributed by atoms with Crippen molar-refractivity contribution in [3.63, 3.8) is 0 Å². The van der Waals surface area contributed by atoms with E-state index in [1.54, 1.807) is 0 Å². The number of unbranched alkanes of at least 4 members (excludes halogenated alkanes) is 2. The lowest BCUT2D eigenvalue weighted by Crippen LogP contribution is -2.53. The topological polar surface area (TPSA) is 433 Å². The molecule has 414 valence electrons. The first-order valence-electron chi connectivity index (χ1n) is 24.7. The molecule has 1 aromatic heterocycles. The van der Waals surface area contributed by atoms with Crippen LogP contribution >= 0.6 is 11.6 Å². The summed E-state index contributed by atoms with van der Waals surface area (Å²) < 4.78 is 0. The van der Waals surface area contributed by atoms with Gasteiger partial charge in [-0.15, -0.1) is 0 Å². The van der Waals surface area contributed by atoms with Gasteiger partial charge in [0.2, 0.25) is 11.8 Å². The lowest BCUT2D eigenvalue weighted by Gasteiger charge is -2.33. The van der Waals surface area contributed by atoms with Gasteiger partial charge in [0.1, 0.15) is 42.7 Å². The van der Waals surface area contributed by atoms with Crippen LogP contribution in [0.4, 0.5) is 11.6 Å². The molecule has 3 rings (SSSR count). The van der Waals surface area contributed by atoms with Crippen molar-refractivity contribution in [3.05, 3.63) is 70.5 Å². The van der Waals surface area contributed by atoms with Gasteiger partial charge in [0, 0.05) is 26.2 Å². The third-order valence-electron chi connectivity index (χ3n) is 12.2. The predicted octanol–water partition coefficient (Wildman–Crippen LogP) is -2.51. The number of nitrogens with one attached hydrogen (secondary N) is 5. The Labute approximate surface area is 435 Å². The molecule has 0 bridgehead atoms. The number of aliphatic hydroxyl groups is 10. The van der Waals surface area contributed by atoms with Gasteiger partial charge >= 0.3 is 0 Å². The van der Waals surface area contributed by atoms with Gasteiger partial charge in [0.25, 0.3) is 5.91 Å². The fraction of sp³-hybridized carbons (Fsp3) is 0.592. The van der Waals surface area contributed by atoms with Gasteiger partial charge in [0.05, 0.1) is 31.5 Å². The number of carbonyl (C=O) groups is 3. The number of nitrogen functional groups attached to an aromatic ring is 2. The van der Waals surface area contributed by atoms with E-state index < -0.39 is 105 Å². The molecule has 0 aliphatic rings. The van der Waals surface area contributed by atoms with Crippen LogP contribution in [-0.4, -0.2) is 196 Å². The number of anilines is 2. The molecule has 25 heteroatoms. The van der Waals surface area contributed by atoms with Crippen molar-refractivity contribution in [1.82, 2.24) is 36.1 Å². The number of aryl methyl sites for hydroxylation is 2. The van der Waals surface area contributed by atoms with Gasteiger partial charge in [-0.25, -0.2) is 9.97 Å². The molecule has 0 aliphatic carbocycles. The van der Waals surface area contributed by atoms with Gasteiger partial charge in [0.15, 0.2) is 28.4 Å². The van der Waals surface area contributed by atoms with Crippen LogP contribution in [0.2, 0.25) is 5.15 Å².